The van der Waals surface area contributed by atoms with Gasteiger partial charge in [-0.3, -0.25) is 0 Å². The Balaban J connectivity index is 2.55. The van der Waals surface area contributed by atoms with Crippen LogP contribution in [0.3, 0.4) is 0 Å². The SMILES string of the molecule is CCn1nnc(-c2ccccc2Br)c1N. The van der Waals surface area contributed by atoms with Crippen LogP contribution in [0.25, 0.3) is 11.3 Å². The summed E-state index contributed by atoms with van der Waals surface area (Å²) in [5.41, 5.74) is 7.63. The van der Waals surface area contributed by atoms with E-state index in [1.54, 1.807) is 4.68 Å². The molecule has 0 atom stereocenters. The van der Waals surface area contributed by atoms with Crippen LogP contribution in [0, 0.1) is 0 Å². The molecule has 1 aromatic heterocycles. The number of halogens is 1. The van der Waals surface area contributed by atoms with Gasteiger partial charge >= 0.3 is 0 Å². The van der Waals surface area contributed by atoms with Gasteiger partial charge in [0.2, 0.25) is 0 Å². The van der Waals surface area contributed by atoms with Crippen LogP contribution in [-0.2, 0) is 6.54 Å². The van der Waals surface area contributed by atoms with E-state index in [0.29, 0.717) is 5.82 Å². The van der Waals surface area contributed by atoms with Gasteiger partial charge in [0.25, 0.3) is 0 Å². The zero-order chi connectivity index (χ0) is 10.8. The Morgan fingerprint density at radius 1 is 1.40 bits per heavy atom. The van der Waals surface area contributed by atoms with Crippen molar-refractivity contribution in [2.75, 3.05) is 5.73 Å². The molecule has 78 valence electrons. The lowest BCUT2D eigenvalue weighted by atomic mass is 10.1. The van der Waals surface area contributed by atoms with Gasteiger partial charge in [-0.2, -0.15) is 0 Å². The molecule has 0 aliphatic carbocycles. The van der Waals surface area contributed by atoms with Crippen LogP contribution in [0.4, 0.5) is 5.82 Å². The first-order valence-corrected chi connectivity index (χ1v) is 5.47. The number of aryl methyl sites for hydroxylation is 1. The van der Waals surface area contributed by atoms with Gasteiger partial charge in [0.15, 0.2) is 0 Å². The van der Waals surface area contributed by atoms with Gasteiger partial charge in [0.05, 0.1) is 0 Å². The Morgan fingerprint density at radius 2 is 2.13 bits per heavy atom. The number of benzene rings is 1. The summed E-state index contributed by atoms with van der Waals surface area (Å²) in [6.45, 7) is 2.71. The minimum atomic E-state index is 0.601. The van der Waals surface area contributed by atoms with E-state index in [-0.39, 0.29) is 0 Å². The first kappa shape index (κ1) is 10.2. The van der Waals surface area contributed by atoms with Gasteiger partial charge in [0.1, 0.15) is 11.5 Å². The normalized spacial score (nSPS) is 10.5. The maximum atomic E-state index is 5.93. The summed E-state index contributed by atoms with van der Waals surface area (Å²) in [7, 11) is 0. The number of aromatic nitrogens is 3. The first-order chi connectivity index (χ1) is 7.24. The molecule has 0 fully saturated rings. The number of anilines is 1. The van der Waals surface area contributed by atoms with Crippen molar-refractivity contribution in [2.24, 2.45) is 0 Å². The third-order valence-electron chi connectivity index (χ3n) is 2.20. The molecule has 0 spiro atoms. The largest absolute Gasteiger partial charge is 0.382 e. The number of hydrogen-bond donors (Lipinski definition) is 1. The summed E-state index contributed by atoms with van der Waals surface area (Å²) in [5.74, 6) is 0.601. The lowest BCUT2D eigenvalue weighted by molar-refractivity contribution is 0.635. The van der Waals surface area contributed by atoms with Gasteiger partial charge in [0, 0.05) is 16.6 Å². The zero-order valence-electron chi connectivity index (χ0n) is 8.31. The molecule has 0 aliphatic heterocycles. The lowest BCUT2D eigenvalue weighted by Crippen LogP contribution is -2.02. The second-order valence-electron chi connectivity index (χ2n) is 3.12. The van der Waals surface area contributed by atoms with E-state index in [4.69, 9.17) is 5.73 Å². The topological polar surface area (TPSA) is 56.7 Å². The highest BCUT2D eigenvalue weighted by Crippen LogP contribution is 2.29. The van der Waals surface area contributed by atoms with Crippen LogP contribution in [0.2, 0.25) is 0 Å². The van der Waals surface area contributed by atoms with Crippen LogP contribution < -0.4 is 5.73 Å². The molecule has 2 rings (SSSR count). The van der Waals surface area contributed by atoms with Crippen LogP contribution in [0.1, 0.15) is 6.92 Å². The van der Waals surface area contributed by atoms with Crippen molar-refractivity contribution in [1.29, 1.82) is 0 Å². The second-order valence-corrected chi connectivity index (χ2v) is 3.97. The van der Waals surface area contributed by atoms with Crippen molar-refractivity contribution < 1.29 is 0 Å². The first-order valence-electron chi connectivity index (χ1n) is 4.68. The van der Waals surface area contributed by atoms with Crippen LogP contribution >= 0.6 is 15.9 Å². The van der Waals surface area contributed by atoms with Gasteiger partial charge in [-0.15, -0.1) is 5.10 Å². The smallest absolute Gasteiger partial charge is 0.150 e. The number of nitrogens with two attached hydrogens (primary N) is 1. The maximum Gasteiger partial charge on any atom is 0.150 e. The Hall–Kier alpha value is -1.36. The highest BCUT2D eigenvalue weighted by Gasteiger charge is 2.12. The standard InChI is InChI=1S/C10H11BrN4/c1-2-15-10(12)9(13-14-15)7-5-3-4-6-8(7)11/h3-6H,2,12H2,1H3. The molecule has 0 radical (unpaired) electrons. The van der Waals surface area contributed by atoms with Crippen molar-refractivity contribution >= 4 is 21.7 Å². The molecule has 2 aromatic rings. The predicted octanol–water partition coefficient (Wildman–Crippen LogP) is 2.31. The van der Waals surface area contributed by atoms with E-state index in [1.807, 2.05) is 31.2 Å². The summed E-state index contributed by atoms with van der Waals surface area (Å²) >= 11 is 3.47. The van der Waals surface area contributed by atoms with E-state index in [0.717, 1.165) is 22.3 Å². The van der Waals surface area contributed by atoms with Crippen molar-refractivity contribution in [3.8, 4) is 11.3 Å². The molecule has 1 heterocycles. The van der Waals surface area contributed by atoms with Gasteiger partial charge in [-0.05, 0) is 13.0 Å². The molecular formula is C10H11BrN4. The third kappa shape index (κ3) is 1.74. The van der Waals surface area contributed by atoms with Crippen molar-refractivity contribution in [2.45, 2.75) is 13.5 Å². The lowest BCUT2D eigenvalue weighted by Gasteiger charge is -2.01. The van der Waals surface area contributed by atoms with E-state index >= 15 is 0 Å². The molecule has 4 nitrogen and oxygen atoms in total. The van der Waals surface area contributed by atoms with E-state index in [1.165, 1.54) is 0 Å². The number of hydrogen-bond acceptors (Lipinski definition) is 3. The van der Waals surface area contributed by atoms with Crippen molar-refractivity contribution in [1.82, 2.24) is 15.0 Å². The Bertz CT molecular complexity index is 478. The molecule has 0 saturated carbocycles. The summed E-state index contributed by atoms with van der Waals surface area (Å²) in [6, 6.07) is 7.82. The second kappa shape index (κ2) is 4.02. The zero-order valence-corrected chi connectivity index (χ0v) is 9.90. The fourth-order valence-corrected chi connectivity index (χ4v) is 1.87. The quantitative estimate of drug-likeness (QED) is 0.908. The minimum Gasteiger partial charge on any atom is -0.382 e. The molecule has 15 heavy (non-hydrogen) atoms. The Kier molecular flexibility index (Phi) is 2.73. The number of rotatable bonds is 2. The Morgan fingerprint density at radius 3 is 2.73 bits per heavy atom. The van der Waals surface area contributed by atoms with Crippen LogP contribution in [0.15, 0.2) is 28.7 Å². The summed E-state index contributed by atoms with van der Waals surface area (Å²) in [4.78, 5) is 0. The average Bonchev–Trinajstić information content (AvgIpc) is 2.60. The van der Waals surface area contributed by atoms with Gasteiger partial charge in [-0.1, -0.05) is 39.3 Å². The van der Waals surface area contributed by atoms with Crippen LogP contribution in [-0.4, -0.2) is 15.0 Å². The summed E-state index contributed by atoms with van der Waals surface area (Å²) in [6.07, 6.45) is 0. The van der Waals surface area contributed by atoms with E-state index in [2.05, 4.69) is 26.2 Å². The maximum absolute atomic E-state index is 5.93. The molecule has 0 unspecified atom stereocenters. The van der Waals surface area contributed by atoms with Crippen molar-refractivity contribution in [3.63, 3.8) is 0 Å². The van der Waals surface area contributed by atoms with Gasteiger partial charge in [-0.25, -0.2) is 4.68 Å². The summed E-state index contributed by atoms with van der Waals surface area (Å²) in [5, 5.41) is 8.05. The Labute approximate surface area is 96.2 Å². The molecule has 0 saturated heterocycles. The molecule has 0 bridgehead atoms. The van der Waals surface area contributed by atoms with Crippen LogP contribution in [0.5, 0.6) is 0 Å². The predicted molar refractivity (Wildman–Crippen MR) is 63.2 cm³/mol. The summed E-state index contributed by atoms with van der Waals surface area (Å²) < 4.78 is 2.65. The number of nitrogens with zero attached hydrogens (tertiary/aromatic N) is 3. The molecule has 0 amide bonds. The molecular weight excluding hydrogens is 256 g/mol. The fraction of sp³-hybridized carbons (Fsp3) is 0.200. The molecule has 2 N–H and O–H groups in total. The molecule has 0 aliphatic rings. The fourth-order valence-electron chi connectivity index (χ4n) is 1.40. The highest BCUT2D eigenvalue weighted by atomic mass is 79.9. The third-order valence-corrected chi connectivity index (χ3v) is 2.89. The van der Waals surface area contributed by atoms with Gasteiger partial charge < -0.3 is 5.73 Å². The highest BCUT2D eigenvalue weighted by molar-refractivity contribution is 9.10. The molecule has 1 aromatic carbocycles. The number of nitrogen functional groups attached to an aromatic ring is 1. The van der Waals surface area contributed by atoms with E-state index in [9.17, 15) is 0 Å². The monoisotopic (exact) mass is 266 g/mol. The van der Waals surface area contributed by atoms with E-state index < -0.39 is 0 Å². The molecule has 5 heteroatoms. The van der Waals surface area contributed by atoms with Crippen molar-refractivity contribution in [3.05, 3.63) is 28.7 Å². The minimum absolute atomic E-state index is 0.601. The average molecular weight is 267 g/mol.